The molecule has 0 radical (unpaired) electrons. The van der Waals surface area contributed by atoms with Crippen molar-refractivity contribution in [3.8, 4) is 0 Å². The van der Waals surface area contributed by atoms with Crippen LogP contribution in [0.25, 0.3) is 5.65 Å². The Morgan fingerprint density at radius 1 is 1.00 bits per heavy atom. The normalized spacial score (nSPS) is 24.4. The lowest BCUT2D eigenvalue weighted by atomic mass is 9.69. The summed E-state index contributed by atoms with van der Waals surface area (Å²) in [5.74, 6) is 1.30. The van der Waals surface area contributed by atoms with E-state index in [1.165, 1.54) is 42.8 Å². The van der Waals surface area contributed by atoms with E-state index < -0.39 is 0 Å². The minimum atomic E-state index is 0.299. The van der Waals surface area contributed by atoms with Crippen LogP contribution in [0.3, 0.4) is 0 Å². The summed E-state index contributed by atoms with van der Waals surface area (Å²) >= 11 is 0. The molecule has 0 amide bonds. The topological polar surface area (TPSA) is 45.5 Å². The largest absolute Gasteiger partial charge is 0.355 e. The average Bonchev–Trinajstić information content (AvgIpc) is 3.28. The Kier molecular flexibility index (Phi) is 3.73. The molecule has 144 valence electrons. The molecule has 1 unspecified atom stereocenters. The van der Waals surface area contributed by atoms with Gasteiger partial charge in [-0.3, -0.25) is 0 Å². The number of aromatic nitrogens is 3. The molecule has 3 aliphatic rings. The summed E-state index contributed by atoms with van der Waals surface area (Å²) in [6.07, 6.45) is 9.02. The van der Waals surface area contributed by atoms with Crippen molar-refractivity contribution in [3.63, 3.8) is 0 Å². The van der Waals surface area contributed by atoms with Crippen molar-refractivity contribution < 1.29 is 0 Å². The number of fused-ring (bicyclic) bond motifs is 4. The standard InChI is InChI=1S/C23H27N5/c1-2-6-19-17(4-1)5-3-10-23(19)11-15-27(16-23)22-18-7-12-24-13-8-20(18)26-21-9-14-25-28(21)22/h1-2,4,6,9,14,24H,3,5,7-8,10-13,15-16H2. The van der Waals surface area contributed by atoms with E-state index in [1.54, 1.807) is 11.1 Å². The summed E-state index contributed by atoms with van der Waals surface area (Å²) < 4.78 is 2.10. The van der Waals surface area contributed by atoms with Crippen LogP contribution in [0.15, 0.2) is 36.5 Å². The van der Waals surface area contributed by atoms with Crippen molar-refractivity contribution in [3.05, 3.63) is 58.9 Å². The van der Waals surface area contributed by atoms with Gasteiger partial charge in [-0.2, -0.15) is 9.61 Å². The summed E-state index contributed by atoms with van der Waals surface area (Å²) in [7, 11) is 0. The molecule has 0 bridgehead atoms. The second kappa shape index (κ2) is 6.31. The smallest absolute Gasteiger partial charge is 0.157 e. The van der Waals surface area contributed by atoms with Crippen LogP contribution < -0.4 is 10.2 Å². The van der Waals surface area contributed by atoms with Crippen LogP contribution in [0.5, 0.6) is 0 Å². The molecule has 2 aliphatic heterocycles. The van der Waals surface area contributed by atoms with Crippen LogP contribution in [0.2, 0.25) is 0 Å². The highest BCUT2D eigenvalue weighted by Crippen LogP contribution is 2.45. The van der Waals surface area contributed by atoms with Gasteiger partial charge < -0.3 is 10.2 Å². The number of nitrogens with one attached hydrogen (secondary N) is 1. The lowest BCUT2D eigenvalue weighted by Gasteiger charge is -2.36. The minimum absolute atomic E-state index is 0.299. The molecule has 6 rings (SSSR count). The maximum Gasteiger partial charge on any atom is 0.157 e. The van der Waals surface area contributed by atoms with E-state index in [9.17, 15) is 0 Å². The summed E-state index contributed by atoms with van der Waals surface area (Å²) in [5.41, 5.74) is 7.12. The molecule has 5 heteroatoms. The average molecular weight is 374 g/mol. The van der Waals surface area contributed by atoms with Crippen molar-refractivity contribution >= 4 is 11.5 Å². The molecule has 4 heterocycles. The first-order chi connectivity index (χ1) is 13.8. The molecule has 2 aromatic heterocycles. The zero-order valence-corrected chi connectivity index (χ0v) is 16.3. The number of rotatable bonds is 1. The molecule has 1 N–H and O–H groups in total. The Labute approximate surface area is 165 Å². The molecule has 28 heavy (non-hydrogen) atoms. The van der Waals surface area contributed by atoms with Crippen LogP contribution in [-0.4, -0.2) is 40.8 Å². The maximum atomic E-state index is 4.94. The van der Waals surface area contributed by atoms with Gasteiger partial charge in [-0.1, -0.05) is 24.3 Å². The SMILES string of the molecule is c1ccc2c(c1)CCCC21CCN(c2c3c(nc4ccnn24)CCNCC3)C1. The van der Waals surface area contributed by atoms with E-state index in [0.29, 0.717) is 5.41 Å². The third-order valence-corrected chi connectivity index (χ3v) is 7.12. The van der Waals surface area contributed by atoms with Crippen molar-refractivity contribution in [2.75, 3.05) is 31.1 Å². The zero-order chi connectivity index (χ0) is 18.6. The maximum absolute atomic E-state index is 4.94. The van der Waals surface area contributed by atoms with Crippen LogP contribution in [-0.2, 0) is 24.7 Å². The molecule has 1 saturated heterocycles. The molecule has 1 spiro atoms. The fourth-order valence-electron chi connectivity index (χ4n) is 5.82. The molecular formula is C23H27N5. The van der Waals surface area contributed by atoms with Crippen molar-refractivity contribution in [1.82, 2.24) is 19.9 Å². The monoisotopic (exact) mass is 373 g/mol. The third kappa shape index (κ3) is 2.42. The fraction of sp³-hybridized carbons (Fsp3) is 0.478. The van der Waals surface area contributed by atoms with Gasteiger partial charge in [-0.25, -0.2) is 4.98 Å². The first kappa shape index (κ1) is 16.5. The molecular weight excluding hydrogens is 346 g/mol. The molecule has 3 aromatic rings. The molecule has 1 aromatic carbocycles. The van der Waals surface area contributed by atoms with E-state index in [1.807, 2.05) is 12.3 Å². The van der Waals surface area contributed by atoms with Crippen LogP contribution in [0.1, 0.15) is 41.6 Å². The van der Waals surface area contributed by atoms with Gasteiger partial charge in [0.25, 0.3) is 0 Å². The van der Waals surface area contributed by atoms with Gasteiger partial charge in [-0.05, 0) is 49.8 Å². The number of hydrogen-bond donors (Lipinski definition) is 1. The minimum Gasteiger partial charge on any atom is -0.355 e. The number of aryl methyl sites for hydroxylation is 1. The van der Waals surface area contributed by atoms with Gasteiger partial charge in [-0.15, -0.1) is 0 Å². The molecule has 5 nitrogen and oxygen atoms in total. The molecule has 1 fully saturated rings. The lowest BCUT2D eigenvalue weighted by molar-refractivity contribution is 0.396. The Bertz CT molecular complexity index is 1040. The predicted molar refractivity (Wildman–Crippen MR) is 111 cm³/mol. The van der Waals surface area contributed by atoms with Crippen molar-refractivity contribution in [1.29, 1.82) is 0 Å². The zero-order valence-electron chi connectivity index (χ0n) is 16.3. The molecule has 1 aliphatic carbocycles. The van der Waals surface area contributed by atoms with Gasteiger partial charge in [0.1, 0.15) is 5.82 Å². The van der Waals surface area contributed by atoms with Gasteiger partial charge in [0, 0.05) is 43.1 Å². The van der Waals surface area contributed by atoms with E-state index in [4.69, 9.17) is 4.98 Å². The summed E-state index contributed by atoms with van der Waals surface area (Å²) in [6.45, 7) is 4.24. The fourth-order valence-corrected chi connectivity index (χ4v) is 5.82. The van der Waals surface area contributed by atoms with Crippen LogP contribution in [0, 0.1) is 0 Å². The van der Waals surface area contributed by atoms with Crippen LogP contribution in [0.4, 0.5) is 5.82 Å². The number of nitrogens with zero attached hydrogens (tertiary/aromatic N) is 4. The second-order valence-corrected chi connectivity index (χ2v) is 8.67. The number of hydrogen-bond acceptors (Lipinski definition) is 4. The Balaban J connectivity index is 1.46. The predicted octanol–water partition coefficient (Wildman–Crippen LogP) is 2.90. The quantitative estimate of drug-likeness (QED) is 0.712. The first-order valence-corrected chi connectivity index (χ1v) is 10.7. The van der Waals surface area contributed by atoms with E-state index in [2.05, 4.69) is 44.1 Å². The van der Waals surface area contributed by atoms with Crippen molar-refractivity contribution in [2.45, 2.75) is 43.9 Å². The summed E-state index contributed by atoms with van der Waals surface area (Å²) in [4.78, 5) is 7.56. The first-order valence-electron chi connectivity index (χ1n) is 10.7. The Morgan fingerprint density at radius 3 is 2.93 bits per heavy atom. The van der Waals surface area contributed by atoms with Crippen LogP contribution >= 0.6 is 0 Å². The molecule has 0 saturated carbocycles. The summed E-state index contributed by atoms with van der Waals surface area (Å²) in [6, 6.07) is 11.2. The lowest BCUT2D eigenvalue weighted by Crippen LogP contribution is -2.35. The summed E-state index contributed by atoms with van der Waals surface area (Å²) in [5, 5.41) is 8.21. The van der Waals surface area contributed by atoms with Gasteiger partial charge in [0.05, 0.1) is 11.9 Å². The van der Waals surface area contributed by atoms with Gasteiger partial charge in [0.2, 0.25) is 0 Å². The molecule has 1 atom stereocenters. The Morgan fingerprint density at radius 2 is 1.93 bits per heavy atom. The Hall–Kier alpha value is -2.40. The highest BCUT2D eigenvalue weighted by molar-refractivity contribution is 5.59. The highest BCUT2D eigenvalue weighted by atomic mass is 15.4. The van der Waals surface area contributed by atoms with Gasteiger partial charge in [0.15, 0.2) is 5.65 Å². The number of benzene rings is 1. The van der Waals surface area contributed by atoms with E-state index in [-0.39, 0.29) is 0 Å². The second-order valence-electron chi connectivity index (χ2n) is 8.67. The van der Waals surface area contributed by atoms with E-state index >= 15 is 0 Å². The highest BCUT2D eigenvalue weighted by Gasteiger charge is 2.43. The van der Waals surface area contributed by atoms with Gasteiger partial charge >= 0.3 is 0 Å². The third-order valence-electron chi connectivity index (χ3n) is 7.12. The van der Waals surface area contributed by atoms with Crippen molar-refractivity contribution in [2.24, 2.45) is 0 Å². The van der Waals surface area contributed by atoms with E-state index in [0.717, 1.165) is 44.7 Å². The number of anilines is 1.